The molecule has 0 saturated heterocycles. The molecule has 0 spiro atoms. The molecule has 1 aliphatic heterocycles. The van der Waals surface area contributed by atoms with Gasteiger partial charge in [-0.2, -0.15) is 5.26 Å². The number of amides is 2. The first-order chi connectivity index (χ1) is 13.4. The van der Waals surface area contributed by atoms with E-state index in [1.165, 1.54) is 0 Å². The maximum atomic E-state index is 12.8. The van der Waals surface area contributed by atoms with Crippen LogP contribution < -0.4 is 0 Å². The van der Waals surface area contributed by atoms with Gasteiger partial charge in [0.1, 0.15) is 12.6 Å². The van der Waals surface area contributed by atoms with Crippen molar-refractivity contribution < 1.29 is 19.1 Å². The molecule has 0 aliphatic carbocycles. The van der Waals surface area contributed by atoms with Crippen molar-refractivity contribution in [2.45, 2.75) is 32.9 Å². The molecule has 0 bridgehead atoms. The van der Waals surface area contributed by atoms with E-state index in [1.807, 2.05) is 13.8 Å². The molecule has 2 aromatic rings. The second-order valence-corrected chi connectivity index (χ2v) is 7.05. The highest BCUT2D eigenvalue weighted by atomic mass is 16.5. The number of nitrogens with zero attached hydrogens (tertiary/aromatic N) is 2. The SMILES string of the molecule is CC(C)C[C@@H](C(=O)OCc1ccccc1C#N)N1C(=O)c2ccccc2C1=O. The van der Waals surface area contributed by atoms with Crippen molar-refractivity contribution in [2.24, 2.45) is 5.92 Å². The molecule has 0 saturated carbocycles. The van der Waals surface area contributed by atoms with Crippen LogP contribution in [0.25, 0.3) is 0 Å². The quantitative estimate of drug-likeness (QED) is 0.570. The van der Waals surface area contributed by atoms with Gasteiger partial charge in [0.25, 0.3) is 11.8 Å². The van der Waals surface area contributed by atoms with Crippen molar-refractivity contribution >= 4 is 17.8 Å². The fraction of sp³-hybridized carbons (Fsp3) is 0.273. The molecule has 0 fully saturated rings. The van der Waals surface area contributed by atoms with E-state index in [1.54, 1.807) is 48.5 Å². The van der Waals surface area contributed by atoms with E-state index < -0.39 is 23.8 Å². The van der Waals surface area contributed by atoms with Crippen LogP contribution in [0, 0.1) is 17.2 Å². The number of imide groups is 1. The molecule has 0 unspecified atom stereocenters. The Labute approximate surface area is 163 Å². The lowest BCUT2D eigenvalue weighted by Gasteiger charge is -2.26. The number of ether oxygens (including phenoxy) is 1. The predicted molar refractivity (Wildman–Crippen MR) is 101 cm³/mol. The van der Waals surface area contributed by atoms with Crippen molar-refractivity contribution in [3.8, 4) is 6.07 Å². The molecule has 1 heterocycles. The summed E-state index contributed by atoms with van der Waals surface area (Å²) in [5, 5.41) is 9.17. The summed E-state index contributed by atoms with van der Waals surface area (Å²) >= 11 is 0. The number of hydrogen-bond acceptors (Lipinski definition) is 5. The minimum Gasteiger partial charge on any atom is -0.459 e. The summed E-state index contributed by atoms with van der Waals surface area (Å²) in [5.41, 5.74) is 1.58. The Morgan fingerprint density at radius 2 is 1.61 bits per heavy atom. The first-order valence-electron chi connectivity index (χ1n) is 9.05. The van der Waals surface area contributed by atoms with Crippen LogP contribution >= 0.6 is 0 Å². The van der Waals surface area contributed by atoms with Crippen LogP contribution in [-0.4, -0.2) is 28.7 Å². The van der Waals surface area contributed by atoms with Gasteiger partial charge in [-0.25, -0.2) is 4.79 Å². The Morgan fingerprint density at radius 3 is 2.18 bits per heavy atom. The van der Waals surface area contributed by atoms with Crippen LogP contribution in [0.2, 0.25) is 0 Å². The van der Waals surface area contributed by atoms with Gasteiger partial charge in [0.15, 0.2) is 0 Å². The predicted octanol–water partition coefficient (Wildman–Crippen LogP) is 3.31. The first kappa shape index (κ1) is 19.3. The van der Waals surface area contributed by atoms with Crippen molar-refractivity contribution in [2.75, 3.05) is 0 Å². The van der Waals surface area contributed by atoms with Crippen LogP contribution in [0.15, 0.2) is 48.5 Å². The number of fused-ring (bicyclic) bond motifs is 1. The molecule has 2 aromatic carbocycles. The number of nitriles is 1. The van der Waals surface area contributed by atoms with E-state index in [4.69, 9.17) is 10.00 Å². The van der Waals surface area contributed by atoms with Crippen molar-refractivity contribution in [1.29, 1.82) is 5.26 Å². The lowest BCUT2D eigenvalue weighted by atomic mass is 10.0. The lowest BCUT2D eigenvalue weighted by Crippen LogP contribution is -2.46. The van der Waals surface area contributed by atoms with E-state index >= 15 is 0 Å². The van der Waals surface area contributed by atoms with Crippen LogP contribution in [0.1, 0.15) is 52.1 Å². The van der Waals surface area contributed by atoms with Crippen molar-refractivity contribution in [1.82, 2.24) is 4.90 Å². The van der Waals surface area contributed by atoms with Gasteiger partial charge < -0.3 is 4.74 Å². The van der Waals surface area contributed by atoms with Crippen LogP contribution in [0.4, 0.5) is 0 Å². The molecule has 1 aliphatic rings. The topological polar surface area (TPSA) is 87.5 Å². The third-order valence-electron chi connectivity index (χ3n) is 4.61. The van der Waals surface area contributed by atoms with Crippen LogP contribution in [0.5, 0.6) is 0 Å². The fourth-order valence-electron chi connectivity index (χ4n) is 3.24. The number of esters is 1. The Hall–Kier alpha value is -3.46. The summed E-state index contributed by atoms with van der Waals surface area (Å²) in [6.45, 7) is 3.72. The summed E-state index contributed by atoms with van der Waals surface area (Å²) in [6, 6.07) is 14.4. The fourth-order valence-corrected chi connectivity index (χ4v) is 3.24. The molecule has 3 rings (SSSR count). The van der Waals surface area contributed by atoms with Gasteiger partial charge in [-0.1, -0.05) is 44.2 Å². The molecule has 0 aromatic heterocycles. The first-order valence-corrected chi connectivity index (χ1v) is 9.05. The molecule has 28 heavy (non-hydrogen) atoms. The number of benzene rings is 2. The summed E-state index contributed by atoms with van der Waals surface area (Å²) < 4.78 is 5.41. The van der Waals surface area contributed by atoms with Crippen LogP contribution in [0.3, 0.4) is 0 Å². The van der Waals surface area contributed by atoms with Gasteiger partial charge in [-0.05, 0) is 30.5 Å². The third kappa shape index (κ3) is 3.65. The summed E-state index contributed by atoms with van der Waals surface area (Å²) in [7, 11) is 0. The third-order valence-corrected chi connectivity index (χ3v) is 4.61. The zero-order valence-corrected chi connectivity index (χ0v) is 15.7. The number of carbonyl (C=O) groups excluding carboxylic acids is 3. The molecule has 6 nitrogen and oxygen atoms in total. The highest BCUT2D eigenvalue weighted by Crippen LogP contribution is 2.27. The second-order valence-electron chi connectivity index (χ2n) is 7.05. The van der Waals surface area contributed by atoms with Gasteiger partial charge in [0, 0.05) is 5.56 Å². The van der Waals surface area contributed by atoms with Gasteiger partial charge in [-0.3, -0.25) is 14.5 Å². The van der Waals surface area contributed by atoms with Crippen molar-refractivity contribution in [3.05, 3.63) is 70.8 Å². The monoisotopic (exact) mass is 376 g/mol. The smallest absolute Gasteiger partial charge is 0.329 e. The number of hydrogen-bond donors (Lipinski definition) is 0. The number of carbonyl (C=O) groups is 3. The molecule has 0 radical (unpaired) electrons. The normalized spacial score (nSPS) is 14.0. The second kappa shape index (κ2) is 8.05. The van der Waals surface area contributed by atoms with Crippen molar-refractivity contribution in [3.63, 3.8) is 0 Å². The minimum atomic E-state index is -1.01. The van der Waals surface area contributed by atoms with Crippen LogP contribution in [-0.2, 0) is 16.1 Å². The molecule has 6 heteroatoms. The average molecular weight is 376 g/mol. The Kier molecular flexibility index (Phi) is 5.55. The largest absolute Gasteiger partial charge is 0.459 e. The van der Waals surface area contributed by atoms with Gasteiger partial charge in [-0.15, -0.1) is 0 Å². The van der Waals surface area contributed by atoms with Gasteiger partial charge >= 0.3 is 5.97 Å². The molecule has 1 atom stereocenters. The molecule has 2 amide bonds. The zero-order valence-electron chi connectivity index (χ0n) is 15.7. The summed E-state index contributed by atoms with van der Waals surface area (Å²) in [5.74, 6) is -1.56. The minimum absolute atomic E-state index is 0.0632. The highest BCUT2D eigenvalue weighted by molar-refractivity contribution is 6.22. The zero-order chi connectivity index (χ0) is 20.3. The Bertz CT molecular complexity index is 939. The van der Waals surface area contributed by atoms with E-state index in [-0.39, 0.29) is 12.5 Å². The Morgan fingerprint density at radius 1 is 1.04 bits per heavy atom. The lowest BCUT2D eigenvalue weighted by molar-refractivity contribution is -0.150. The summed E-state index contributed by atoms with van der Waals surface area (Å²) in [6.07, 6.45) is 0.296. The summed E-state index contributed by atoms with van der Waals surface area (Å²) in [4.78, 5) is 39.4. The maximum absolute atomic E-state index is 12.8. The number of rotatable bonds is 6. The van der Waals surface area contributed by atoms with E-state index in [0.717, 1.165) is 4.90 Å². The molecule has 142 valence electrons. The van der Waals surface area contributed by atoms with Gasteiger partial charge in [0.05, 0.1) is 22.8 Å². The molecule has 0 N–H and O–H groups in total. The van der Waals surface area contributed by atoms with Gasteiger partial charge in [0.2, 0.25) is 0 Å². The van der Waals surface area contributed by atoms with E-state index in [2.05, 4.69) is 6.07 Å². The maximum Gasteiger partial charge on any atom is 0.329 e. The highest BCUT2D eigenvalue weighted by Gasteiger charge is 2.43. The Balaban J connectivity index is 1.83. The van der Waals surface area contributed by atoms with E-state index in [9.17, 15) is 14.4 Å². The molecular formula is C22H20N2O4. The molecular weight excluding hydrogens is 356 g/mol. The average Bonchev–Trinajstić information content (AvgIpc) is 2.95. The van der Waals surface area contributed by atoms with E-state index in [0.29, 0.717) is 28.7 Å². The standard InChI is InChI=1S/C22H20N2O4/c1-14(2)11-19(22(27)28-13-16-8-4-3-7-15(16)12-23)24-20(25)17-9-5-6-10-18(17)21(24)26/h3-10,14,19H,11,13H2,1-2H3/t19-/m0/s1.